The number of nitrogens with zero attached hydrogens (tertiary/aromatic N) is 4. The summed E-state index contributed by atoms with van der Waals surface area (Å²) < 4.78 is 12.5. The molecule has 0 bridgehead atoms. The number of esters is 1. The molecule has 0 unspecified atom stereocenters. The Labute approximate surface area is 206 Å². The van der Waals surface area contributed by atoms with Gasteiger partial charge in [0.15, 0.2) is 12.4 Å². The Morgan fingerprint density at radius 2 is 1.97 bits per heavy atom. The van der Waals surface area contributed by atoms with Crippen LogP contribution in [0.25, 0.3) is 16.9 Å². The van der Waals surface area contributed by atoms with Crippen LogP contribution in [0, 0.1) is 6.92 Å². The number of hydrogen-bond donors (Lipinski definition) is 0. The highest BCUT2D eigenvalue weighted by Crippen LogP contribution is 2.33. The van der Waals surface area contributed by atoms with Gasteiger partial charge in [-0.05, 0) is 50.1 Å². The molecule has 1 aliphatic rings. The molecule has 0 fully saturated rings. The molecule has 178 valence electrons. The van der Waals surface area contributed by atoms with E-state index in [2.05, 4.69) is 16.1 Å². The van der Waals surface area contributed by atoms with E-state index in [0.29, 0.717) is 6.54 Å². The van der Waals surface area contributed by atoms with Crippen molar-refractivity contribution < 1.29 is 19.1 Å². The smallest absolute Gasteiger partial charge is 0.362 e. The van der Waals surface area contributed by atoms with Gasteiger partial charge in [0.05, 0.1) is 29.2 Å². The van der Waals surface area contributed by atoms with Crippen LogP contribution in [0.2, 0.25) is 0 Å². The van der Waals surface area contributed by atoms with Crippen LogP contribution >= 0.6 is 11.3 Å². The van der Waals surface area contributed by atoms with Crippen molar-refractivity contribution in [2.75, 3.05) is 24.7 Å². The van der Waals surface area contributed by atoms with Crippen LogP contribution in [0.4, 0.5) is 5.69 Å². The third-order valence-electron chi connectivity index (χ3n) is 5.71. The largest absolute Gasteiger partial charge is 0.479 e. The summed E-state index contributed by atoms with van der Waals surface area (Å²) in [6, 6.07) is 15.4. The van der Waals surface area contributed by atoms with Gasteiger partial charge in [0.1, 0.15) is 0 Å². The number of para-hydroxylation sites is 1. The Hall–Kier alpha value is -3.98. The van der Waals surface area contributed by atoms with E-state index in [0.717, 1.165) is 39.6 Å². The maximum absolute atomic E-state index is 13.1. The van der Waals surface area contributed by atoms with E-state index in [1.54, 1.807) is 34.0 Å². The minimum Gasteiger partial charge on any atom is -0.479 e. The molecule has 0 saturated carbocycles. The summed E-state index contributed by atoms with van der Waals surface area (Å²) >= 11 is 1.62. The number of amides is 1. The molecule has 0 saturated heterocycles. The molecule has 35 heavy (non-hydrogen) atoms. The number of aromatic nitrogens is 3. The maximum atomic E-state index is 13.1. The fraction of sp³-hybridized carbons (Fsp3) is 0.231. The van der Waals surface area contributed by atoms with Gasteiger partial charge in [-0.2, -0.15) is 5.10 Å². The Balaban J connectivity index is 1.33. The highest BCUT2D eigenvalue weighted by atomic mass is 32.1. The van der Waals surface area contributed by atoms with Crippen molar-refractivity contribution in [2.24, 2.45) is 0 Å². The Kier molecular flexibility index (Phi) is 6.33. The summed E-state index contributed by atoms with van der Waals surface area (Å²) in [5.41, 5.74) is 4.77. The second-order valence-corrected chi connectivity index (χ2v) is 9.08. The topological polar surface area (TPSA) is 86.5 Å². The van der Waals surface area contributed by atoms with Crippen molar-refractivity contribution in [3.63, 3.8) is 0 Å². The number of carbonyl (C=O) groups excluding carboxylic acids is 2. The number of aryl methyl sites for hydroxylation is 1. The van der Waals surface area contributed by atoms with Crippen molar-refractivity contribution >= 4 is 28.9 Å². The third-order valence-corrected chi connectivity index (χ3v) is 6.49. The standard InChI is InChI=1S/C26H24N4O4S/c1-3-33-26(32)25-23(14-30(28-25)20-7-5-4-6-8-20)34-15-24(31)29-12-11-19-13-18(9-10-22(19)29)21-16-35-17(2)27-21/h4-10,13-14,16H,3,11-12,15H2,1-2H3. The highest BCUT2D eigenvalue weighted by molar-refractivity contribution is 7.09. The molecule has 2 aromatic carbocycles. The molecule has 8 nitrogen and oxygen atoms in total. The van der Waals surface area contributed by atoms with Gasteiger partial charge in [-0.15, -0.1) is 11.3 Å². The normalized spacial score (nSPS) is 12.5. The summed E-state index contributed by atoms with van der Waals surface area (Å²) in [6.07, 6.45) is 2.35. The van der Waals surface area contributed by atoms with E-state index in [1.165, 1.54) is 0 Å². The summed E-state index contributed by atoms with van der Waals surface area (Å²) in [5.74, 6) is -0.585. The third kappa shape index (κ3) is 4.67. The first-order valence-electron chi connectivity index (χ1n) is 11.3. The van der Waals surface area contributed by atoms with Crippen LogP contribution in [-0.2, 0) is 16.0 Å². The number of benzene rings is 2. The molecule has 4 aromatic rings. The molecule has 0 N–H and O–H groups in total. The molecule has 0 atom stereocenters. The van der Waals surface area contributed by atoms with Gasteiger partial charge in [0.25, 0.3) is 5.91 Å². The van der Waals surface area contributed by atoms with Crippen LogP contribution in [-0.4, -0.2) is 46.4 Å². The number of ether oxygens (including phenoxy) is 2. The second-order valence-electron chi connectivity index (χ2n) is 8.02. The highest BCUT2D eigenvalue weighted by Gasteiger charge is 2.27. The van der Waals surface area contributed by atoms with E-state index >= 15 is 0 Å². The summed E-state index contributed by atoms with van der Waals surface area (Å²) in [7, 11) is 0. The molecule has 1 amide bonds. The zero-order valence-corrected chi connectivity index (χ0v) is 20.2. The van der Waals surface area contributed by atoms with Crippen LogP contribution in [0.3, 0.4) is 0 Å². The molecular formula is C26H24N4O4S. The molecule has 9 heteroatoms. The zero-order chi connectivity index (χ0) is 24.4. The fourth-order valence-electron chi connectivity index (χ4n) is 4.05. The van der Waals surface area contributed by atoms with Crippen molar-refractivity contribution in [3.8, 4) is 22.7 Å². The molecular weight excluding hydrogens is 464 g/mol. The van der Waals surface area contributed by atoms with Gasteiger partial charge in [-0.1, -0.05) is 24.3 Å². The Bertz CT molecular complexity index is 1380. The van der Waals surface area contributed by atoms with Gasteiger partial charge in [0.2, 0.25) is 5.69 Å². The molecule has 5 rings (SSSR count). The first-order valence-corrected chi connectivity index (χ1v) is 12.2. The van der Waals surface area contributed by atoms with Gasteiger partial charge in [-0.25, -0.2) is 14.5 Å². The van der Waals surface area contributed by atoms with Crippen molar-refractivity contribution in [1.82, 2.24) is 14.8 Å². The van der Waals surface area contributed by atoms with Crippen LogP contribution in [0.1, 0.15) is 28.0 Å². The predicted octanol–water partition coefficient (Wildman–Crippen LogP) is 4.45. The van der Waals surface area contributed by atoms with Gasteiger partial charge >= 0.3 is 5.97 Å². The van der Waals surface area contributed by atoms with Crippen molar-refractivity contribution in [2.45, 2.75) is 20.3 Å². The Morgan fingerprint density at radius 1 is 1.14 bits per heavy atom. The number of anilines is 1. The van der Waals surface area contributed by atoms with E-state index in [-0.39, 0.29) is 30.6 Å². The number of fused-ring (bicyclic) bond motifs is 1. The molecule has 2 aromatic heterocycles. The van der Waals surface area contributed by atoms with Crippen LogP contribution in [0.5, 0.6) is 5.75 Å². The molecule has 0 radical (unpaired) electrons. The number of rotatable bonds is 7. The molecule has 3 heterocycles. The lowest BCUT2D eigenvalue weighted by Crippen LogP contribution is -2.33. The van der Waals surface area contributed by atoms with E-state index in [4.69, 9.17) is 9.47 Å². The zero-order valence-electron chi connectivity index (χ0n) is 19.4. The summed E-state index contributed by atoms with van der Waals surface area (Å²) in [6.45, 7) is 4.27. The molecule has 1 aliphatic heterocycles. The minimum atomic E-state index is -0.596. The monoisotopic (exact) mass is 488 g/mol. The first-order chi connectivity index (χ1) is 17.0. The minimum absolute atomic E-state index is 0.0357. The van der Waals surface area contributed by atoms with Gasteiger partial charge in [-0.3, -0.25) is 4.79 Å². The molecule has 0 spiro atoms. The molecule has 0 aliphatic carbocycles. The van der Waals surface area contributed by atoms with Gasteiger partial charge in [0, 0.05) is 23.2 Å². The Morgan fingerprint density at radius 3 is 2.71 bits per heavy atom. The summed E-state index contributed by atoms with van der Waals surface area (Å²) in [4.78, 5) is 31.8. The van der Waals surface area contributed by atoms with Crippen LogP contribution < -0.4 is 9.64 Å². The number of carbonyl (C=O) groups is 2. The van der Waals surface area contributed by atoms with Crippen molar-refractivity contribution in [1.29, 1.82) is 0 Å². The quantitative estimate of drug-likeness (QED) is 0.357. The van der Waals surface area contributed by atoms with Crippen molar-refractivity contribution in [3.05, 3.63) is 76.4 Å². The lowest BCUT2D eigenvalue weighted by atomic mass is 10.1. The first kappa shape index (κ1) is 22.8. The lowest BCUT2D eigenvalue weighted by Gasteiger charge is -2.17. The average Bonchev–Trinajstić information content (AvgIpc) is 3.61. The maximum Gasteiger partial charge on any atom is 0.362 e. The van der Waals surface area contributed by atoms with E-state index in [9.17, 15) is 9.59 Å². The SMILES string of the molecule is CCOC(=O)c1nn(-c2ccccc2)cc1OCC(=O)N1CCc2cc(-c3csc(C)n3)ccc21. The second kappa shape index (κ2) is 9.71. The average molecular weight is 489 g/mol. The summed E-state index contributed by atoms with van der Waals surface area (Å²) in [5, 5.41) is 7.40. The van der Waals surface area contributed by atoms with E-state index < -0.39 is 5.97 Å². The predicted molar refractivity (Wildman–Crippen MR) is 133 cm³/mol. The lowest BCUT2D eigenvalue weighted by molar-refractivity contribution is -0.120. The van der Waals surface area contributed by atoms with E-state index in [1.807, 2.05) is 54.8 Å². The van der Waals surface area contributed by atoms with Crippen LogP contribution in [0.15, 0.2) is 60.1 Å². The fourth-order valence-corrected chi connectivity index (χ4v) is 4.67. The number of thiazole rings is 1. The number of hydrogen-bond acceptors (Lipinski definition) is 7. The van der Waals surface area contributed by atoms with Gasteiger partial charge < -0.3 is 14.4 Å².